The summed E-state index contributed by atoms with van der Waals surface area (Å²) in [6.45, 7) is 2.37. The number of benzene rings is 1. The third-order valence-electron chi connectivity index (χ3n) is 2.94. The summed E-state index contributed by atoms with van der Waals surface area (Å²) in [5, 5.41) is 10.8. The van der Waals surface area contributed by atoms with E-state index in [9.17, 15) is 5.11 Å². The Morgan fingerprint density at radius 3 is 2.94 bits per heavy atom. The molecule has 18 heavy (non-hydrogen) atoms. The summed E-state index contributed by atoms with van der Waals surface area (Å²) >= 11 is 0. The Balaban J connectivity index is 2.08. The molecule has 4 nitrogen and oxygen atoms in total. The Hall–Kier alpha value is -1.65. The van der Waals surface area contributed by atoms with Gasteiger partial charge in [0.15, 0.2) is 0 Å². The van der Waals surface area contributed by atoms with Crippen LogP contribution in [0.2, 0.25) is 0 Å². The Labute approximate surface area is 106 Å². The molecule has 0 radical (unpaired) electrons. The number of aromatic nitrogens is 1. The van der Waals surface area contributed by atoms with Gasteiger partial charge in [-0.15, -0.1) is 0 Å². The fourth-order valence-corrected chi connectivity index (χ4v) is 1.68. The van der Waals surface area contributed by atoms with Gasteiger partial charge in [-0.1, -0.05) is 6.07 Å². The van der Waals surface area contributed by atoms with Gasteiger partial charge in [0.2, 0.25) is 0 Å². The third-order valence-corrected chi connectivity index (χ3v) is 2.94. The van der Waals surface area contributed by atoms with E-state index < -0.39 is 5.60 Å². The first-order chi connectivity index (χ1) is 8.62. The molecule has 1 atom stereocenters. The Morgan fingerprint density at radius 1 is 1.33 bits per heavy atom. The van der Waals surface area contributed by atoms with Crippen LogP contribution in [0.25, 0.3) is 10.9 Å². The number of aliphatic hydroxyl groups is 1. The van der Waals surface area contributed by atoms with Crippen LogP contribution in [-0.4, -0.2) is 28.8 Å². The Kier molecular flexibility index (Phi) is 3.79. The summed E-state index contributed by atoms with van der Waals surface area (Å²) in [5.74, 6) is 0.786. The molecule has 96 valence electrons. The molecule has 2 rings (SSSR count). The first-order valence-corrected chi connectivity index (χ1v) is 6.01. The normalized spacial score (nSPS) is 14.4. The van der Waals surface area contributed by atoms with E-state index in [0.29, 0.717) is 13.0 Å². The number of hydrogen-bond acceptors (Lipinski definition) is 4. The molecule has 0 aliphatic heterocycles. The highest BCUT2D eigenvalue weighted by molar-refractivity contribution is 5.84. The largest absolute Gasteiger partial charge is 0.493 e. The van der Waals surface area contributed by atoms with Crippen LogP contribution < -0.4 is 10.5 Å². The average Bonchev–Trinajstić information content (AvgIpc) is 2.39. The van der Waals surface area contributed by atoms with Crippen LogP contribution in [0.5, 0.6) is 5.75 Å². The smallest absolute Gasteiger partial charge is 0.128 e. The third kappa shape index (κ3) is 2.97. The van der Waals surface area contributed by atoms with E-state index in [-0.39, 0.29) is 6.54 Å². The van der Waals surface area contributed by atoms with Crippen molar-refractivity contribution in [2.75, 3.05) is 13.2 Å². The highest BCUT2D eigenvalue weighted by atomic mass is 16.5. The van der Waals surface area contributed by atoms with Gasteiger partial charge < -0.3 is 15.6 Å². The van der Waals surface area contributed by atoms with E-state index >= 15 is 0 Å². The number of ether oxygens (including phenoxy) is 1. The minimum absolute atomic E-state index is 0.230. The molecule has 1 heterocycles. The molecular formula is C14H18N2O2. The Bertz CT molecular complexity index is 521. The molecule has 0 fully saturated rings. The maximum atomic E-state index is 9.80. The molecule has 0 spiro atoms. The first-order valence-electron chi connectivity index (χ1n) is 6.01. The molecule has 1 unspecified atom stereocenters. The van der Waals surface area contributed by atoms with Gasteiger partial charge in [0.05, 0.1) is 17.7 Å². The van der Waals surface area contributed by atoms with Gasteiger partial charge in [0, 0.05) is 24.5 Å². The molecule has 3 N–H and O–H groups in total. The molecule has 1 aromatic heterocycles. The highest BCUT2D eigenvalue weighted by Crippen LogP contribution is 2.24. The van der Waals surface area contributed by atoms with E-state index in [2.05, 4.69) is 4.98 Å². The van der Waals surface area contributed by atoms with Gasteiger partial charge >= 0.3 is 0 Å². The lowest BCUT2D eigenvalue weighted by Gasteiger charge is -2.21. The summed E-state index contributed by atoms with van der Waals surface area (Å²) in [7, 11) is 0. The lowest BCUT2D eigenvalue weighted by atomic mass is 10.0. The zero-order valence-electron chi connectivity index (χ0n) is 10.5. The van der Waals surface area contributed by atoms with Crippen LogP contribution in [0.15, 0.2) is 36.5 Å². The molecule has 0 saturated heterocycles. The number of nitrogens with zero attached hydrogens (tertiary/aromatic N) is 1. The van der Waals surface area contributed by atoms with Crippen LogP contribution in [0.1, 0.15) is 13.3 Å². The number of rotatable bonds is 5. The van der Waals surface area contributed by atoms with Crippen LogP contribution in [-0.2, 0) is 0 Å². The number of nitrogens with two attached hydrogens (primary N) is 1. The molecule has 1 aromatic carbocycles. The van der Waals surface area contributed by atoms with Crippen molar-refractivity contribution >= 4 is 10.9 Å². The van der Waals surface area contributed by atoms with E-state index in [0.717, 1.165) is 16.7 Å². The second-order valence-corrected chi connectivity index (χ2v) is 4.63. The second-order valence-electron chi connectivity index (χ2n) is 4.63. The van der Waals surface area contributed by atoms with E-state index in [1.54, 1.807) is 13.1 Å². The zero-order valence-corrected chi connectivity index (χ0v) is 10.5. The summed E-state index contributed by atoms with van der Waals surface area (Å²) in [6.07, 6.45) is 2.26. The van der Waals surface area contributed by atoms with Gasteiger partial charge in [0.1, 0.15) is 5.75 Å². The topological polar surface area (TPSA) is 68.4 Å². The highest BCUT2D eigenvalue weighted by Gasteiger charge is 2.17. The minimum atomic E-state index is -0.872. The van der Waals surface area contributed by atoms with Crippen molar-refractivity contribution in [2.45, 2.75) is 18.9 Å². The first kappa shape index (κ1) is 12.8. The van der Waals surface area contributed by atoms with E-state index in [1.807, 2.05) is 30.3 Å². The predicted octanol–water partition coefficient (Wildman–Crippen LogP) is 1.71. The van der Waals surface area contributed by atoms with Gasteiger partial charge in [0.25, 0.3) is 0 Å². The van der Waals surface area contributed by atoms with Gasteiger partial charge in [-0.25, -0.2) is 0 Å². The van der Waals surface area contributed by atoms with Crippen molar-refractivity contribution in [1.82, 2.24) is 4.98 Å². The molecule has 0 bridgehead atoms. The van der Waals surface area contributed by atoms with Gasteiger partial charge in [-0.3, -0.25) is 4.98 Å². The fraction of sp³-hybridized carbons (Fsp3) is 0.357. The summed E-state index contributed by atoms with van der Waals surface area (Å²) in [5.41, 5.74) is 5.49. The second kappa shape index (κ2) is 5.33. The molecule has 0 amide bonds. The molecule has 0 aliphatic carbocycles. The monoisotopic (exact) mass is 246 g/mol. The van der Waals surface area contributed by atoms with Crippen molar-refractivity contribution in [3.8, 4) is 5.75 Å². The number of hydrogen-bond donors (Lipinski definition) is 2. The van der Waals surface area contributed by atoms with Crippen LogP contribution in [0, 0.1) is 0 Å². The zero-order chi connectivity index (χ0) is 13.0. The lowest BCUT2D eigenvalue weighted by molar-refractivity contribution is 0.0455. The van der Waals surface area contributed by atoms with E-state index in [1.165, 1.54) is 0 Å². The molecule has 2 aromatic rings. The fourth-order valence-electron chi connectivity index (χ4n) is 1.68. The van der Waals surface area contributed by atoms with Crippen LogP contribution in [0.3, 0.4) is 0 Å². The maximum Gasteiger partial charge on any atom is 0.128 e. The summed E-state index contributed by atoms with van der Waals surface area (Å²) in [6, 6.07) is 9.61. The SMILES string of the molecule is CC(O)(CN)CCOc1cccc2ncccc12. The van der Waals surface area contributed by atoms with Crippen molar-refractivity contribution in [2.24, 2.45) is 5.73 Å². The minimum Gasteiger partial charge on any atom is -0.493 e. The standard InChI is InChI=1S/C14H18N2O2/c1-14(17,10-15)7-9-18-13-6-2-5-12-11(13)4-3-8-16-12/h2-6,8,17H,7,9-10,15H2,1H3. The van der Waals surface area contributed by atoms with Crippen LogP contribution >= 0.6 is 0 Å². The lowest BCUT2D eigenvalue weighted by Crippen LogP contribution is -2.35. The summed E-state index contributed by atoms with van der Waals surface area (Å²) in [4.78, 5) is 4.27. The molecule has 4 heteroatoms. The van der Waals surface area contributed by atoms with Crippen molar-refractivity contribution in [3.63, 3.8) is 0 Å². The van der Waals surface area contributed by atoms with Gasteiger partial charge in [-0.05, 0) is 31.2 Å². The average molecular weight is 246 g/mol. The number of pyridine rings is 1. The quantitative estimate of drug-likeness (QED) is 0.842. The number of fused-ring (bicyclic) bond motifs is 1. The molecule has 0 aliphatic rings. The van der Waals surface area contributed by atoms with Crippen molar-refractivity contribution in [1.29, 1.82) is 0 Å². The predicted molar refractivity (Wildman–Crippen MR) is 71.5 cm³/mol. The van der Waals surface area contributed by atoms with E-state index in [4.69, 9.17) is 10.5 Å². The summed E-state index contributed by atoms with van der Waals surface area (Å²) < 4.78 is 5.70. The van der Waals surface area contributed by atoms with Gasteiger partial charge in [-0.2, -0.15) is 0 Å². The molecular weight excluding hydrogens is 228 g/mol. The van der Waals surface area contributed by atoms with Crippen LogP contribution in [0.4, 0.5) is 0 Å². The Morgan fingerprint density at radius 2 is 2.17 bits per heavy atom. The maximum absolute atomic E-state index is 9.80. The van der Waals surface area contributed by atoms with Crippen molar-refractivity contribution < 1.29 is 9.84 Å². The molecule has 0 saturated carbocycles. The van der Waals surface area contributed by atoms with Crippen molar-refractivity contribution in [3.05, 3.63) is 36.5 Å².